The van der Waals surface area contributed by atoms with E-state index in [1.54, 1.807) is 6.08 Å². The van der Waals surface area contributed by atoms with Gasteiger partial charge in [-0.1, -0.05) is 42.8 Å². The summed E-state index contributed by atoms with van der Waals surface area (Å²) in [5.41, 5.74) is 5.75. The van der Waals surface area contributed by atoms with Crippen molar-refractivity contribution in [2.24, 2.45) is 0 Å². The number of aliphatic hydroxyl groups excluding tert-OH is 1. The molecule has 0 aromatic heterocycles. The van der Waals surface area contributed by atoms with Crippen LogP contribution < -0.4 is 0 Å². The summed E-state index contributed by atoms with van der Waals surface area (Å²) in [4.78, 5) is 31.0. The molecule has 1 atom stereocenters. The lowest BCUT2D eigenvalue weighted by atomic mass is 9.73. The van der Waals surface area contributed by atoms with E-state index in [0.717, 1.165) is 54.1 Å². The van der Waals surface area contributed by atoms with Gasteiger partial charge in [0.25, 0.3) is 0 Å². The van der Waals surface area contributed by atoms with Crippen molar-refractivity contribution < 1.29 is 19.5 Å². The number of likely N-dealkylation sites (tertiary alicyclic amines) is 1. The zero-order valence-corrected chi connectivity index (χ0v) is 19.2. The highest BCUT2D eigenvalue weighted by atomic mass is 35.5. The van der Waals surface area contributed by atoms with Gasteiger partial charge in [0.2, 0.25) is 5.91 Å². The van der Waals surface area contributed by atoms with E-state index >= 15 is 0 Å². The van der Waals surface area contributed by atoms with E-state index in [9.17, 15) is 9.90 Å². The van der Waals surface area contributed by atoms with Crippen LogP contribution >= 0.6 is 11.6 Å². The lowest BCUT2D eigenvalue weighted by Gasteiger charge is -2.40. The number of aryl methyl sites for hydroxylation is 1. The van der Waals surface area contributed by atoms with Crippen LogP contribution in [0.2, 0.25) is 5.02 Å². The highest BCUT2D eigenvalue weighted by Crippen LogP contribution is 2.53. The molecule has 0 bridgehead atoms. The van der Waals surface area contributed by atoms with E-state index in [-0.39, 0.29) is 24.1 Å². The topological polar surface area (TPSA) is 74.7 Å². The maximum atomic E-state index is 12.8. The van der Waals surface area contributed by atoms with Crippen LogP contribution in [0.3, 0.4) is 0 Å². The van der Waals surface area contributed by atoms with Crippen molar-refractivity contribution in [2.45, 2.75) is 51.0 Å². The molecule has 1 saturated heterocycles. The average molecular weight is 454 g/mol. The van der Waals surface area contributed by atoms with Crippen molar-refractivity contribution in [3.05, 3.63) is 75.3 Å². The molecule has 6 heteroatoms. The molecule has 0 saturated carbocycles. The Morgan fingerprint density at radius 3 is 2.59 bits per heavy atom. The van der Waals surface area contributed by atoms with Crippen LogP contribution in [0.5, 0.6) is 0 Å². The third kappa shape index (κ3) is 4.86. The van der Waals surface area contributed by atoms with Crippen molar-refractivity contribution >= 4 is 29.7 Å². The van der Waals surface area contributed by atoms with Gasteiger partial charge < -0.3 is 10.0 Å². The standard InChI is InChI=1S/C25H28ClNO2.CO2/c1-17-6-7-19(16-28)14-20(17)8-9-23(29)27-12-10-25(11-13-27)15-18(2)21-4-3-5-22(26)24(21)25;2-1-3/h3-9,14,18,28H,10-13,15-16H2,1-2H3;/b9-8+;. The fourth-order valence-corrected chi connectivity index (χ4v) is 5.53. The van der Waals surface area contributed by atoms with E-state index in [0.29, 0.717) is 5.92 Å². The second-order valence-corrected chi connectivity index (χ2v) is 9.09. The smallest absolute Gasteiger partial charge is 0.373 e. The third-order valence-corrected chi connectivity index (χ3v) is 7.08. The highest BCUT2D eigenvalue weighted by molar-refractivity contribution is 6.31. The number of hydrogen-bond donors (Lipinski definition) is 1. The first-order chi connectivity index (χ1) is 15.3. The monoisotopic (exact) mass is 453 g/mol. The molecule has 0 radical (unpaired) electrons. The molecule has 1 fully saturated rings. The molecule has 32 heavy (non-hydrogen) atoms. The Kier molecular flexibility index (Phi) is 7.68. The number of nitrogens with zero attached hydrogens (tertiary/aromatic N) is 1. The number of rotatable bonds is 3. The Balaban J connectivity index is 0.000000913. The minimum Gasteiger partial charge on any atom is -0.392 e. The SMILES string of the molecule is Cc1ccc(CO)cc1/C=C/C(=O)N1CCC2(CC1)CC(C)c1cccc(Cl)c12.O=C=O. The molecule has 2 aliphatic rings. The predicted octanol–water partition coefficient (Wildman–Crippen LogP) is 4.64. The first-order valence-electron chi connectivity index (χ1n) is 10.8. The molecule has 1 aliphatic heterocycles. The molecule has 1 spiro atoms. The number of halogens is 1. The van der Waals surface area contributed by atoms with Gasteiger partial charge in [0, 0.05) is 29.6 Å². The number of hydrogen-bond acceptors (Lipinski definition) is 4. The van der Waals surface area contributed by atoms with Crippen molar-refractivity contribution in [1.82, 2.24) is 4.90 Å². The van der Waals surface area contributed by atoms with Crippen molar-refractivity contribution in [3.63, 3.8) is 0 Å². The molecular formula is C26H28ClNO4. The molecule has 1 heterocycles. The van der Waals surface area contributed by atoms with E-state index < -0.39 is 0 Å². The summed E-state index contributed by atoms with van der Waals surface area (Å²) in [5.74, 6) is 0.576. The number of benzene rings is 2. The fraction of sp³-hybridized carbons (Fsp3) is 0.385. The molecule has 2 aromatic carbocycles. The van der Waals surface area contributed by atoms with Crippen LogP contribution in [0.25, 0.3) is 6.08 Å². The second-order valence-electron chi connectivity index (χ2n) is 8.68. The first-order valence-corrected chi connectivity index (χ1v) is 11.2. The van der Waals surface area contributed by atoms with Gasteiger partial charge in [-0.2, -0.15) is 9.59 Å². The second kappa shape index (κ2) is 10.3. The number of amides is 1. The summed E-state index contributed by atoms with van der Waals surface area (Å²) in [6.07, 6.45) is 6.83. The van der Waals surface area contributed by atoms with Gasteiger partial charge in [0.15, 0.2) is 0 Å². The minimum absolute atomic E-state index is 0.00568. The minimum atomic E-state index is 0.00568. The van der Waals surface area contributed by atoms with Gasteiger partial charge in [-0.15, -0.1) is 0 Å². The summed E-state index contributed by atoms with van der Waals surface area (Å²) in [5, 5.41) is 10.2. The fourth-order valence-electron chi connectivity index (χ4n) is 5.15. The molecule has 1 N–H and O–H groups in total. The van der Waals surface area contributed by atoms with Gasteiger partial charge in [0.1, 0.15) is 0 Å². The number of carbonyl (C=O) groups excluding carboxylic acids is 3. The van der Waals surface area contributed by atoms with E-state index in [1.807, 2.05) is 48.2 Å². The Bertz CT molecular complexity index is 1050. The lowest BCUT2D eigenvalue weighted by molar-refractivity contribution is -0.191. The molecule has 4 rings (SSSR count). The maximum absolute atomic E-state index is 12.8. The molecule has 5 nitrogen and oxygen atoms in total. The van der Waals surface area contributed by atoms with Crippen LogP contribution in [-0.2, 0) is 26.4 Å². The predicted molar refractivity (Wildman–Crippen MR) is 123 cm³/mol. The quantitative estimate of drug-likeness (QED) is 0.687. The van der Waals surface area contributed by atoms with Gasteiger partial charge in [-0.3, -0.25) is 4.79 Å². The Morgan fingerprint density at radius 1 is 1.25 bits per heavy atom. The largest absolute Gasteiger partial charge is 0.392 e. The Hall–Kier alpha value is -2.72. The van der Waals surface area contributed by atoms with Crippen LogP contribution in [-0.4, -0.2) is 35.2 Å². The third-order valence-electron chi connectivity index (χ3n) is 6.77. The molecule has 1 aliphatic carbocycles. The highest BCUT2D eigenvalue weighted by Gasteiger charge is 2.45. The van der Waals surface area contributed by atoms with Gasteiger partial charge in [0.05, 0.1) is 6.61 Å². The lowest BCUT2D eigenvalue weighted by Crippen LogP contribution is -2.44. The zero-order chi connectivity index (χ0) is 23.3. The number of fused-ring (bicyclic) bond motifs is 2. The van der Waals surface area contributed by atoms with Crippen LogP contribution in [0, 0.1) is 6.92 Å². The Labute approximate surface area is 193 Å². The normalized spacial score (nSPS) is 18.8. The molecule has 1 amide bonds. The van der Waals surface area contributed by atoms with E-state index in [4.69, 9.17) is 21.2 Å². The summed E-state index contributed by atoms with van der Waals surface area (Å²) >= 11 is 6.60. The van der Waals surface area contributed by atoms with Gasteiger partial charge in [-0.05, 0) is 78.1 Å². The molecule has 1 unspecified atom stereocenters. The van der Waals surface area contributed by atoms with Crippen molar-refractivity contribution in [3.8, 4) is 0 Å². The summed E-state index contributed by atoms with van der Waals surface area (Å²) in [6.45, 7) is 5.82. The van der Waals surface area contributed by atoms with Crippen LogP contribution in [0.15, 0.2) is 42.5 Å². The molecular weight excluding hydrogens is 426 g/mol. The van der Waals surface area contributed by atoms with Gasteiger partial charge >= 0.3 is 6.15 Å². The first kappa shape index (κ1) is 23.9. The number of carbonyl (C=O) groups is 1. The van der Waals surface area contributed by atoms with Crippen molar-refractivity contribution in [2.75, 3.05) is 13.1 Å². The summed E-state index contributed by atoms with van der Waals surface area (Å²) in [6, 6.07) is 12.1. The zero-order valence-electron chi connectivity index (χ0n) is 18.4. The number of aliphatic hydroxyl groups is 1. The van der Waals surface area contributed by atoms with Gasteiger partial charge in [-0.25, -0.2) is 0 Å². The van der Waals surface area contributed by atoms with Crippen molar-refractivity contribution in [1.29, 1.82) is 0 Å². The average Bonchev–Trinajstić information content (AvgIpc) is 3.06. The molecule has 168 valence electrons. The van der Waals surface area contributed by atoms with E-state index in [2.05, 4.69) is 13.0 Å². The summed E-state index contributed by atoms with van der Waals surface area (Å²) < 4.78 is 0. The Morgan fingerprint density at radius 2 is 1.94 bits per heavy atom. The maximum Gasteiger partial charge on any atom is 0.373 e. The van der Waals surface area contributed by atoms with E-state index in [1.165, 1.54) is 11.1 Å². The molecule has 2 aromatic rings. The van der Waals surface area contributed by atoms with Crippen LogP contribution in [0.4, 0.5) is 0 Å². The van der Waals surface area contributed by atoms with Crippen LogP contribution in [0.1, 0.15) is 59.9 Å². The summed E-state index contributed by atoms with van der Waals surface area (Å²) in [7, 11) is 0. The number of piperidine rings is 1.